The van der Waals surface area contributed by atoms with E-state index in [2.05, 4.69) is 36.2 Å². The van der Waals surface area contributed by atoms with Crippen LogP contribution < -0.4 is 5.32 Å². The number of amides is 1. The smallest absolute Gasteiger partial charge is 0.407 e. The second-order valence-corrected chi connectivity index (χ2v) is 6.92. The Balaban J connectivity index is 1.48. The first-order chi connectivity index (χ1) is 12.7. The van der Waals surface area contributed by atoms with E-state index < -0.39 is 11.6 Å². The zero-order chi connectivity index (χ0) is 18.0. The first-order valence-electron chi connectivity index (χ1n) is 9.07. The number of carbonyl (C=O) groups is 1. The maximum absolute atomic E-state index is 12.4. The molecule has 4 heteroatoms. The Bertz CT molecular complexity index is 778. The highest BCUT2D eigenvalue weighted by Gasteiger charge is 2.33. The van der Waals surface area contributed by atoms with Crippen LogP contribution in [0, 0.1) is 0 Å². The summed E-state index contributed by atoms with van der Waals surface area (Å²) in [6.07, 6.45) is 2.85. The molecule has 134 valence electrons. The Morgan fingerprint density at radius 2 is 1.69 bits per heavy atom. The van der Waals surface area contributed by atoms with Gasteiger partial charge in [-0.05, 0) is 35.1 Å². The van der Waals surface area contributed by atoms with Crippen LogP contribution >= 0.6 is 0 Å². The maximum Gasteiger partial charge on any atom is 0.407 e. The van der Waals surface area contributed by atoms with Gasteiger partial charge in [0.25, 0.3) is 0 Å². The van der Waals surface area contributed by atoms with Crippen molar-refractivity contribution in [2.24, 2.45) is 0 Å². The van der Waals surface area contributed by atoms with E-state index in [9.17, 15) is 4.79 Å². The number of hydrogen-bond acceptors (Lipinski definition) is 3. The fourth-order valence-electron chi connectivity index (χ4n) is 3.95. The summed E-state index contributed by atoms with van der Waals surface area (Å²) in [7, 11) is 0. The number of nitrogens with one attached hydrogen (secondary N) is 1. The number of fused-ring (bicyclic) bond motifs is 3. The molecule has 1 saturated heterocycles. The largest absolute Gasteiger partial charge is 0.449 e. The fraction of sp³-hybridized carbons (Fsp3) is 0.318. The standard InChI is InChI=1S/C22H23NO3/c1-2-22(11-13-25-14-12-22)23-21(24)26-15-20-18-9-5-3-7-16(18)17-8-4-6-10-19(17)20/h2-10,20H,1,11-15H2,(H,23,24). The van der Waals surface area contributed by atoms with Crippen molar-refractivity contribution in [1.29, 1.82) is 0 Å². The Morgan fingerprint density at radius 1 is 1.12 bits per heavy atom. The molecule has 0 atom stereocenters. The molecule has 1 aliphatic carbocycles. The third kappa shape index (κ3) is 3.01. The maximum atomic E-state index is 12.4. The minimum Gasteiger partial charge on any atom is -0.449 e. The summed E-state index contributed by atoms with van der Waals surface area (Å²) in [6.45, 7) is 5.45. The van der Waals surface area contributed by atoms with Gasteiger partial charge in [-0.2, -0.15) is 0 Å². The van der Waals surface area contributed by atoms with Crippen LogP contribution in [0.15, 0.2) is 61.2 Å². The Hall–Kier alpha value is -2.59. The lowest BCUT2D eigenvalue weighted by molar-refractivity contribution is 0.0516. The number of ether oxygens (including phenoxy) is 2. The van der Waals surface area contributed by atoms with Crippen LogP contribution in [0.4, 0.5) is 4.79 Å². The average Bonchev–Trinajstić information content (AvgIpc) is 3.01. The van der Waals surface area contributed by atoms with Crippen LogP contribution in [0.2, 0.25) is 0 Å². The summed E-state index contributed by atoms with van der Waals surface area (Å²) < 4.78 is 11.0. The van der Waals surface area contributed by atoms with Crippen LogP contribution in [0.1, 0.15) is 29.9 Å². The molecule has 0 unspecified atom stereocenters. The Morgan fingerprint density at radius 3 is 2.27 bits per heavy atom. The van der Waals surface area contributed by atoms with Crippen molar-refractivity contribution in [3.63, 3.8) is 0 Å². The molecule has 2 aromatic carbocycles. The van der Waals surface area contributed by atoms with Crippen LogP contribution in [0.5, 0.6) is 0 Å². The van der Waals surface area contributed by atoms with E-state index in [-0.39, 0.29) is 5.92 Å². The highest BCUT2D eigenvalue weighted by Crippen LogP contribution is 2.44. The zero-order valence-electron chi connectivity index (χ0n) is 14.7. The molecule has 1 aliphatic heterocycles. The molecule has 2 aliphatic rings. The molecular weight excluding hydrogens is 326 g/mol. The third-order valence-electron chi connectivity index (χ3n) is 5.47. The van der Waals surface area contributed by atoms with Gasteiger partial charge < -0.3 is 14.8 Å². The summed E-state index contributed by atoms with van der Waals surface area (Å²) in [4.78, 5) is 12.4. The molecule has 26 heavy (non-hydrogen) atoms. The molecular formula is C22H23NO3. The lowest BCUT2D eigenvalue weighted by Crippen LogP contribution is -2.50. The van der Waals surface area contributed by atoms with Gasteiger partial charge in [0.15, 0.2) is 0 Å². The van der Waals surface area contributed by atoms with Crippen molar-refractivity contribution in [3.8, 4) is 11.1 Å². The minimum absolute atomic E-state index is 0.0718. The van der Waals surface area contributed by atoms with E-state index in [4.69, 9.17) is 9.47 Å². The molecule has 4 rings (SSSR count). The molecule has 0 radical (unpaired) electrons. The lowest BCUT2D eigenvalue weighted by atomic mass is 9.90. The molecule has 0 spiro atoms. The number of carbonyl (C=O) groups excluding carboxylic acids is 1. The van der Waals surface area contributed by atoms with Gasteiger partial charge >= 0.3 is 6.09 Å². The quantitative estimate of drug-likeness (QED) is 0.839. The second-order valence-electron chi connectivity index (χ2n) is 6.92. The first-order valence-corrected chi connectivity index (χ1v) is 9.07. The van der Waals surface area contributed by atoms with Crippen LogP contribution in [-0.2, 0) is 9.47 Å². The molecule has 0 saturated carbocycles. The van der Waals surface area contributed by atoms with Gasteiger partial charge in [-0.15, -0.1) is 6.58 Å². The third-order valence-corrected chi connectivity index (χ3v) is 5.47. The second kappa shape index (κ2) is 6.96. The molecule has 1 amide bonds. The molecule has 1 N–H and O–H groups in total. The van der Waals surface area contributed by atoms with Gasteiger partial charge in [0, 0.05) is 19.1 Å². The number of alkyl carbamates (subject to hydrolysis) is 1. The van der Waals surface area contributed by atoms with Crippen molar-refractivity contribution in [2.75, 3.05) is 19.8 Å². The zero-order valence-corrected chi connectivity index (χ0v) is 14.7. The molecule has 1 fully saturated rings. The van der Waals surface area contributed by atoms with Crippen molar-refractivity contribution < 1.29 is 14.3 Å². The van der Waals surface area contributed by atoms with Crippen molar-refractivity contribution in [2.45, 2.75) is 24.3 Å². The fourth-order valence-corrected chi connectivity index (χ4v) is 3.95. The topological polar surface area (TPSA) is 47.6 Å². The van der Waals surface area contributed by atoms with Crippen molar-refractivity contribution in [1.82, 2.24) is 5.32 Å². The van der Waals surface area contributed by atoms with E-state index in [0.717, 1.165) is 12.8 Å². The normalized spacial score (nSPS) is 17.8. The summed E-state index contributed by atoms with van der Waals surface area (Å²) in [5.74, 6) is 0.0718. The Kier molecular flexibility index (Phi) is 4.51. The predicted octanol–water partition coefficient (Wildman–Crippen LogP) is 4.26. The van der Waals surface area contributed by atoms with Gasteiger partial charge in [-0.3, -0.25) is 0 Å². The number of rotatable bonds is 4. The van der Waals surface area contributed by atoms with Crippen LogP contribution in [-0.4, -0.2) is 31.5 Å². The summed E-state index contributed by atoms with van der Waals surface area (Å²) in [6, 6.07) is 16.6. The highest BCUT2D eigenvalue weighted by molar-refractivity contribution is 5.79. The van der Waals surface area contributed by atoms with Gasteiger partial charge in [-0.1, -0.05) is 54.6 Å². The number of hydrogen-bond donors (Lipinski definition) is 1. The van der Waals surface area contributed by atoms with Gasteiger partial charge in [0.1, 0.15) is 6.61 Å². The van der Waals surface area contributed by atoms with Gasteiger partial charge in [0.2, 0.25) is 0 Å². The predicted molar refractivity (Wildman–Crippen MR) is 101 cm³/mol. The highest BCUT2D eigenvalue weighted by atomic mass is 16.5. The molecule has 1 heterocycles. The van der Waals surface area contributed by atoms with Crippen molar-refractivity contribution in [3.05, 3.63) is 72.3 Å². The molecule has 2 aromatic rings. The monoisotopic (exact) mass is 349 g/mol. The van der Waals surface area contributed by atoms with Gasteiger partial charge in [0.05, 0.1) is 5.54 Å². The molecule has 0 bridgehead atoms. The van der Waals surface area contributed by atoms with Gasteiger partial charge in [-0.25, -0.2) is 4.79 Å². The van der Waals surface area contributed by atoms with E-state index >= 15 is 0 Å². The molecule has 4 nitrogen and oxygen atoms in total. The summed E-state index contributed by atoms with van der Waals surface area (Å²) in [5, 5.41) is 2.99. The van der Waals surface area contributed by atoms with Crippen molar-refractivity contribution >= 4 is 6.09 Å². The summed E-state index contributed by atoms with van der Waals surface area (Å²) >= 11 is 0. The van der Waals surface area contributed by atoms with E-state index in [1.165, 1.54) is 22.3 Å². The van der Waals surface area contributed by atoms with Crippen LogP contribution in [0.25, 0.3) is 11.1 Å². The lowest BCUT2D eigenvalue weighted by Gasteiger charge is -2.34. The van der Waals surface area contributed by atoms with E-state index in [1.54, 1.807) is 6.08 Å². The van der Waals surface area contributed by atoms with Crippen LogP contribution in [0.3, 0.4) is 0 Å². The number of benzene rings is 2. The Labute approximate surface area is 153 Å². The van der Waals surface area contributed by atoms with E-state index in [1.807, 2.05) is 24.3 Å². The SMILES string of the molecule is C=CC1(NC(=O)OCC2c3ccccc3-c3ccccc32)CCOCC1. The first kappa shape index (κ1) is 16.9. The minimum atomic E-state index is -0.430. The summed E-state index contributed by atoms with van der Waals surface area (Å²) in [5.41, 5.74) is 4.45. The molecule has 0 aromatic heterocycles. The average molecular weight is 349 g/mol. The van der Waals surface area contributed by atoms with E-state index in [0.29, 0.717) is 19.8 Å².